The monoisotopic (exact) mass is 286 g/mol. The quantitative estimate of drug-likeness (QED) is 0.487. The van der Waals surface area contributed by atoms with Crippen LogP contribution in [-0.2, 0) is 21.7 Å². The first-order valence-corrected chi connectivity index (χ1v) is 8.31. The molecule has 17 heavy (non-hydrogen) atoms. The van der Waals surface area contributed by atoms with Crippen LogP contribution in [0.25, 0.3) is 5.73 Å². The zero-order valence-corrected chi connectivity index (χ0v) is 15.3. The van der Waals surface area contributed by atoms with Crippen LogP contribution in [0, 0.1) is 6.08 Å². The Kier molecular flexibility index (Phi) is 17.0. The number of rotatable bonds is 1. The van der Waals surface area contributed by atoms with Gasteiger partial charge in [0.05, 0.1) is 0 Å². The molecule has 1 aliphatic rings. The van der Waals surface area contributed by atoms with E-state index >= 15 is 0 Å². The van der Waals surface area contributed by atoms with Gasteiger partial charge in [0.1, 0.15) is 0 Å². The topological polar surface area (TPSA) is 23.8 Å². The molecule has 3 heteroatoms. The summed E-state index contributed by atoms with van der Waals surface area (Å²) in [6.07, 6.45) is 7.50. The normalized spacial score (nSPS) is 13.2. The van der Waals surface area contributed by atoms with Crippen molar-refractivity contribution in [2.45, 2.75) is 66.1 Å². The van der Waals surface area contributed by atoms with Crippen molar-refractivity contribution in [3.05, 3.63) is 29.0 Å². The smallest absolute Gasteiger partial charge is 0.673 e. The summed E-state index contributed by atoms with van der Waals surface area (Å²) in [6.45, 7) is 14.3. The molecule has 1 nitrogen and oxygen atoms in total. The van der Waals surface area contributed by atoms with Crippen LogP contribution in [-0.4, -0.2) is 15.1 Å². The summed E-state index contributed by atoms with van der Waals surface area (Å²) in [7, 11) is 0.750. The molecule has 0 bridgehead atoms. The van der Waals surface area contributed by atoms with E-state index in [0.717, 1.165) is 15.9 Å². The van der Waals surface area contributed by atoms with Crippen molar-refractivity contribution < 1.29 is 21.7 Å². The molecule has 1 rings (SSSR count). The molecule has 0 amide bonds. The van der Waals surface area contributed by atoms with Gasteiger partial charge in [-0.3, -0.25) is 6.08 Å². The Balaban J connectivity index is -0.000000191. The van der Waals surface area contributed by atoms with Gasteiger partial charge >= 0.3 is 21.7 Å². The maximum Gasteiger partial charge on any atom is 2.00 e. The van der Waals surface area contributed by atoms with Crippen molar-refractivity contribution in [2.75, 3.05) is 0 Å². The van der Waals surface area contributed by atoms with E-state index in [1.54, 1.807) is 0 Å². The van der Waals surface area contributed by atoms with Crippen molar-refractivity contribution >= 4 is 9.52 Å². The Morgan fingerprint density at radius 2 is 1.71 bits per heavy atom. The van der Waals surface area contributed by atoms with E-state index in [2.05, 4.69) is 39.1 Å². The maximum absolute atomic E-state index is 6.94. The van der Waals surface area contributed by atoms with Gasteiger partial charge in [-0.15, -0.1) is 12.0 Å². The van der Waals surface area contributed by atoms with Crippen molar-refractivity contribution in [3.8, 4) is 0 Å². The molecule has 1 radical (unpaired) electrons. The first-order valence-electron chi connectivity index (χ1n) is 6.00. The van der Waals surface area contributed by atoms with Crippen LogP contribution in [0.5, 0.6) is 0 Å². The maximum atomic E-state index is 6.94. The van der Waals surface area contributed by atoms with Gasteiger partial charge in [0.2, 0.25) is 0 Å². The number of allylic oxidation sites excluding steroid dienone is 4. The van der Waals surface area contributed by atoms with Crippen LogP contribution < -0.4 is 0 Å². The summed E-state index contributed by atoms with van der Waals surface area (Å²) in [5.74, 6) is 0. The van der Waals surface area contributed by atoms with Gasteiger partial charge in [0.25, 0.3) is 0 Å². The molecule has 0 aromatic heterocycles. The molecule has 0 aliphatic heterocycles. The molecule has 1 aliphatic carbocycles. The summed E-state index contributed by atoms with van der Waals surface area (Å²) in [5, 5.41) is 0. The Morgan fingerprint density at radius 1 is 1.35 bits per heavy atom. The Labute approximate surface area is 126 Å². The second-order valence-corrected chi connectivity index (χ2v) is 6.17. The Bertz CT molecular complexity index is 221. The van der Waals surface area contributed by atoms with E-state index < -0.39 is 0 Å². The third-order valence-corrected chi connectivity index (χ3v) is 1.57. The average Bonchev–Trinajstić information content (AvgIpc) is 2.49. The fourth-order valence-corrected chi connectivity index (χ4v) is 0.968. The van der Waals surface area contributed by atoms with E-state index in [1.165, 1.54) is 17.6 Å². The van der Waals surface area contributed by atoms with Crippen LogP contribution in [0.3, 0.4) is 0 Å². The van der Waals surface area contributed by atoms with Gasteiger partial charge in [0.15, 0.2) is 0 Å². The third kappa shape index (κ3) is 22.1. The van der Waals surface area contributed by atoms with Crippen LogP contribution in [0.1, 0.15) is 47.5 Å². The van der Waals surface area contributed by atoms with Gasteiger partial charge in [0, 0.05) is 9.52 Å². The minimum Gasteiger partial charge on any atom is -0.673 e. The zero-order valence-electron chi connectivity index (χ0n) is 12.6. The number of hydrogen-bond acceptors (Lipinski definition) is 0. The van der Waals surface area contributed by atoms with E-state index in [4.69, 9.17) is 5.73 Å². The van der Waals surface area contributed by atoms with Crippen molar-refractivity contribution in [1.29, 1.82) is 0 Å². The molecule has 0 atom stereocenters. The molecular formula is C14H28NSiTi. The first-order chi connectivity index (χ1) is 7.26. The zero-order chi connectivity index (χ0) is 13.2. The molecule has 1 N–H and O–H groups in total. The molecule has 97 valence electrons. The summed E-state index contributed by atoms with van der Waals surface area (Å²) in [5.41, 5.74) is 9.66. The van der Waals surface area contributed by atoms with Crippen LogP contribution in [0.2, 0.25) is 13.1 Å². The number of hydrogen-bond donors (Lipinski definition) is 0. The van der Waals surface area contributed by atoms with Crippen molar-refractivity contribution in [3.63, 3.8) is 0 Å². The minimum absolute atomic E-state index is 0. The van der Waals surface area contributed by atoms with E-state index in [-0.39, 0.29) is 27.3 Å². The predicted octanol–water partition coefficient (Wildman–Crippen LogP) is 4.83. The fraction of sp³-hybridized carbons (Fsp3) is 0.714. The molecule has 0 heterocycles. The van der Waals surface area contributed by atoms with Crippen molar-refractivity contribution in [2.24, 2.45) is 0 Å². The minimum atomic E-state index is -0.250. The van der Waals surface area contributed by atoms with Gasteiger partial charge < -0.3 is 5.73 Å². The summed E-state index contributed by atoms with van der Waals surface area (Å²) in [6, 6.07) is 0. The standard InChI is InChI=1S/C8H11.C4H10N.C2H7Si.Ti/c1-3-8-6-4-5-7(8)2;1-4(2,3)5;1-3-2;/h6H,3,5H2,1-2H3;5H,1-3H3;3H,1-2H3;/q2*-1;;+2. The summed E-state index contributed by atoms with van der Waals surface area (Å²) in [4.78, 5) is 0. The SMILES string of the molecule is CC(C)(C)[NH-].CCC1=C(C)C[C-]=C1.C[SiH]C.[Ti+2]. The van der Waals surface area contributed by atoms with Crippen LogP contribution in [0.4, 0.5) is 0 Å². The number of nitrogens with one attached hydrogen (secondary N) is 1. The van der Waals surface area contributed by atoms with Gasteiger partial charge in [-0.05, 0) is 0 Å². The largest absolute Gasteiger partial charge is 2.00 e. The van der Waals surface area contributed by atoms with Gasteiger partial charge in [-0.2, -0.15) is 11.1 Å². The predicted molar refractivity (Wildman–Crippen MR) is 78.4 cm³/mol. The van der Waals surface area contributed by atoms with E-state index in [9.17, 15) is 0 Å². The molecule has 0 aromatic rings. The fourth-order valence-electron chi connectivity index (χ4n) is 0.968. The van der Waals surface area contributed by atoms with Gasteiger partial charge in [-0.25, -0.2) is 6.08 Å². The summed E-state index contributed by atoms with van der Waals surface area (Å²) >= 11 is 0. The Hall–Kier alpha value is 0.371. The average molecular weight is 286 g/mol. The molecule has 0 saturated heterocycles. The van der Waals surface area contributed by atoms with E-state index in [0.29, 0.717) is 0 Å². The second-order valence-electron chi connectivity index (χ2n) is 5.01. The van der Waals surface area contributed by atoms with Crippen LogP contribution in [0.15, 0.2) is 17.2 Å². The first kappa shape index (κ1) is 22.5. The molecule has 0 unspecified atom stereocenters. The van der Waals surface area contributed by atoms with Crippen molar-refractivity contribution in [1.82, 2.24) is 0 Å². The molecular weight excluding hydrogens is 258 g/mol. The molecule has 0 aromatic carbocycles. The third-order valence-electron chi connectivity index (χ3n) is 1.57. The second kappa shape index (κ2) is 12.8. The molecule has 0 fully saturated rings. The Morgan fingerprint density at radius 3 is 1.82 bits per heavy atom. The molecule has 0 saturated carbocycles. The van der Waals surface area contributed by atoms with E-state index in [1.807, 2.05) is 20.8 Å². The molecule has 0 spiro atoms. The summed E-state index contributed by atoms with van der Waals surface area (Å²) < 4.78 is 0. The van der Waals surface area contributed by atoms with Crippen LogP contribution >= 0.6 is 0 Å². The van der Waals surface area contributed by atoms with Gasteiger partial charge in [-0.1, -0.05) is 54.1 Å².